The largest absolute Gasteiger partial charge is 0.462 e. The van der Waals surface area contributed by atoms with Gasteiger partial charge >= 0.3 is 5.97 Å². The summed E-state index contributed by atoms with van der Waals surface area (Å²) in [6.45, 7) is 4.49. The van der Waals surface area contributed by atoms with Crippen LogP contribution in [0.15, 0.2) is 17.5 Å². The zero-order valence-electron chi connectivity index (χ0n) is 10.5. The summed E-state index contributed by atoms with van der Waals surface area (Å²) in [5, 5.41) is 1.99. The number of esters is 1. The van der Waals surface area contributed by atoms with Crippen molar-refractivity contribution in [1.82, 2.24) is 0 Å². The maximum atomic E-state index is 11.8. The summed E-state index contributed by atoms with van der Waals surface area (Å²) in [5.41, 5.74) is 0. The van der Waals surface area contributed by atoms with Crippen LogP contribution in [-0.4, -0.2) is 12.1 Å². The van der Waals surface area contributed by atoms with Crippen LogP contribution in [0.4, 0.5) is 0 Å². The Morgan fingerprint density at radius 3 is 2.65 bits per heavy atom. The summed E-state index contributed by atoms with van der Waals surface area (Å²) in [6.07, 6.45) is 3.89. The van der Waals surface area contributed by atoms with Gasteiger partial charge < -0.3 is 4.74 Å². The molecule has 1 aromatic rings. The lowest BCUT2D eigenvalue weighted by Gasteiger charge is -2.30. The SMILES string of the molecule is CC1CC(C)CC(OC(=O)Cc2cccs2)C1. The average Bonchev–Trinajstić information content (AvgIpc) is 2.67. The van der Waals surface area contributed by atoms with Crippen molar-refractivity contribution in [3.05, 3.63) is 22.4 Å². The van der Waals surface area contributed by atoms with Gasteiger partial charge in [-0.3, -0.25) is 4.79 Å². The Labute approximate surface area is 107 Å². The van der Waals surface area contributed by atoms with Crippen molar-refractivity contribution in [2.45, 2.75) is 45.6 Å². The molecule has 0 spiro atoms. The molecular formula is C14H20O2S. The van der Waals surface area contributed by atoms with Crippen LogP contribution >= 0.6 is 11.3 Å². The molecule has 2 rings (SSSR count). The normalized spacial score (nSPS) is 28.9. The molecular weight excluding hydrogens is 232 g/mol. The van der Waals surface area contributed by atoms with Crippen molar-refractivity contribution in [2.75, 3.05) is 0 Å². The van der Waals surface area contributed by atoms with Crippen LogP contribution in [0.5, 0.6) is 0 Å². The van der Waals surface area contributed by atoms with E-state index in [9.17, 15) is 4.79 Å². The molecule has 1 aliphatic rings. The van der Waals surface area contributed by atoms with Crippen molar-refractivity contribution in [1.29, 1.82) is 0 Å². The summed E-state index contributed by atoms with van der Waals surface area (Å²) in [5.74, 6) is 1.29. The summed E-state index contributed by atoms with van der Waals surface area (Å²) >= 11 is 1.61. The zero-order valence-corrected chi connectivity index (χ0v) is 11.3. The molecule has 1 heterocycles. The van der Waals surface area contributed by atoms with Crippen LogP contribution in [-0.2, 0) is 16.0 Å². The molecule has 0 amide bonds. The highest BCUT2D eigenvalue weighted by molar-refractivity contribution is 7.10. The molecule has 0 N–H and O–H groups in total. The van der Waals surface area contributed by atoms with E-state index in [4.69, 9.17) is 4.74 Å². The highest BCUT2D eigenvalue weighted by atomic mass is 32.1. The van der Waals surface area contributed by atoms with Crippen LogP contribution in [0.1, 0.15) is 38.0 Å². The standard InChI is InChI=1S/C14H20O2S/c1-10-6-11(2)8-12(7-10)16-14(15)9-13-4-3-5-17-13/h3-5,10-12H,6-9H2,1-2H3. The summed E-state index contributed by atoms with van der Waals surface area (Å²) in [4.78, 5) is 12.9. The van der Waals surface area contributed by atoms with Crippen molar-refractivity contribution >= 4 is 17.3 Å². The molecule has 0 aliphatic heterocycles. The highest BCUT2D eigenvalue weighted by Gasteiger charge is 2.26. The van der Waals surface area contributed by atoms with Gasteiger partial charge in [0.2, 0.25) is 0 Å². The van der Waals surface area contributed by atoms with E-state index in [1.165, 1.54) is 6.42 Å². The third-order valence-electron chi connectivity index (χ3n) is 3.33. The van der Waals surface area contributed by atoms with E-state index in [-0.39, 0.29) is 12.1 Å². The second-order valence-corrected chi connectivity index (χ2v) is 6.32. The minimum atomic E-state index is -0.0706. The summed E-state index contributed by atoms with van der Waals surface area (Å²) in [7, 11) is 0. The first-order valence-electron chi connectivity index (χ1n) is 6.35. The van der Waals surface area contributed by atoms with Gasteiger partial charge in [0, 0.05) is 4.88 Å². The number of thiophene rings is 1. The molecule has 0 radical (unpaired) electrons. The summed E-state index contributed by atoms with van der Waals surface area (Å²) in [6, 6.07) is 3.95. The smallest absolute Gasteiger partial charge is 0.311 e. The molecule has 1 aromatic heterocycles. The van der Waals surface area contributed by atoms with Gasteiger partial charge in [0.15, 0.2) is 0 Å². The van der Waals surface area contributed by atoms with Gasteiger partial charge in [-0.1, -0.05) is 19.9 Å². The maximum absolute atomic E-state index is 11.8. The van der Waals surface area contributed by atoms with Crippen LogP contribution in [0.3, 0.4) is 0 Å². The Morgan fingerprint density at radius 2 is 2.06 bits per heavy atom. The van der Waals surface area contributed by atoms with E-state index in [1.54, 1.807) is 11.3 Å². The van der Waals surface area contributed by atoms with Gasteiger partial charge in [0.05, 0.1) is 6.42 Å². The quantitative estimate of drug-likeness (QED) is 0.767. The highest BCUT2D eigenvalue weighted by Crippen LogP contribution is 2.30. The van der Waals surface area contributed by atoms with Gasteiger partial charge in [-0.15, -0.1) is 11.3 Å². The van der Waals surface area contributed by atoms with Crippen LogP contribution in [0.2, 0.25) is 0 Å². The first kappa shape index (κ1) is 12.6. The van der Waals surface area contributed by atoms with Crippen LogP contribution < -0.4 is 0 Å². The first-order valence-corrected chi connectivity index (χ1v) is 7.23. The Balaban J connectivity index is 1.82. The van der Waals surface area contributed by atoms with Crippen LogP contribution in [0, 0.1) is 11.8 Å². The molecule has 2 nitrogen and oxygen atoms in total. The first-order chi connectivity index (χ1) is 8.13. The fraction of sp³-hybridized carbons (Fsp3) is 0.643. The van der Waals surface area contributed by atoms with Crippen molar-refractivity contribution < 1.29 is 9.53 Å². The van der Waals surface area contributed by atoms with Gasteiger partial charge in [0.1, 0.15) is 6.10 Å². The van der Waals surface area contributed by atoms with Gasteiger partial charge in [-0.25, -0.2) is 0 Å². The van der Waals surface area contributed by atoms with E-state index in [2.05, 4.69) is 13.8 Å². The van der Waals surface area contributed by atoms with E-state index in [0.29, 0.717) is 18.3 Å². The third kappa shape index (κ3) is 3.84. The predicted molar refractivity (Wildman–Crippen MR) is 70.1 cm³/mol. The second-order valence-electron chi connectivity index (χ2n) is 5.29. The lowest BCUT2D eigenvalue weighted by Crippen LogP contribution is -2.28. The predicted octanol–water partition coefficient (Wildman–Crippen LogP) is 3.66. The number of carbonyl (C=O) groups is 1. The van der Waals surface area contributed by atoms with E-state index in [1.807, 2.05) is 17.5 Å². The van der Waals surface area contributed by atoms with E-state index >= 15 is 0 Å². The number of carbonyl (C=O) groups excluding carboxylic acids is 1. The molecule has 1 fully saturated rings. The van der Waals surface area contributed by atoms with E-state index in [0.717, 1.165) is 17.7 Å². The Bertz CT molecular complexity index is 348. The van der Waals surface area contributed by atoms with E-state index < -0.39 is 0 Å². The van der Waals surface area contributed by atoms with Crippen molar-refractivity contribution in [3.63, 3.8) is 0 Å². The number of ether oxygens (including phenoxy) is 1. The molecule has 2 unspecified atom stereocenters. The molecule has 0 saturated heterocycles. The molecule has 0 bridgehead atoms. The Hall–Kier alpha value is -0.830. The maximum Gasteiger partial charge on any atom is 0.311 e. The number of hydrogen-bond acceptors (Lipinski definition) is 3. The molecule has 0 aromatic carbocycles. The third-order valence-corrected chi connectivity index (χ3v) is 4.21. The molecule has 1 aliphatic carbocycles. The topological polar surface area (TPSA) is 26.3 Å². The molecule has 1 saturated carbocycles. The molecule has 94 valence electrons. The van der Waals surface area contributed by atoms with Gasteiger partial charge in [-0.05, 0) is 42.5 Å². The fourth-order valence-electron chi connectivity index (χ4n) is 2.75. The lowest BCUT2D eigenvalue weighted by molar-refractivity contribution is -0.151. The zero-order chi connectivity index (χ0) is 12.3. The fourth-order valence-corrected chi connectivity index (χ4v) is 3.44. The Morgan fingerprint density at radius 1 is 1.35 bits per heavy atom. The van der Waals surface area contributed by atoms with Gasteiger partial charge in [-0.2, -0.15) is 0 Å². The number of hydrogen-bond donors (Lipinski definition) is 0. The van der Waals surface area contributed by atoms with Crippen LogP contribution in [0.25, 0.3) is 0 Å². The molecule has 2 atom stereocenters. The number of rotatable bonds is 3. The minimum absolute atomic E-state index is 0.0706. The monoisotopic (exact) mass is 252 g/mol. The minimum Gasteiger partial charge on any atom is -0.462 e. The average molecular weight is 252 g/mol. The van der Waals surface area contributed by atoms with Gasteiger partial charge in [0.25, 0.3) is 0 Å². The van der Waals surface area contributed by atoms with Crippen molar-refractivity contribution in [2.24, 2.45) is 11.8 Å². The summed E-state index contributed by atoms with van der Waals surface area (Å²) < 4.78 is 5.57. The Kier molecular flexibility index (Phi) is 4.21. The second kappa shape index (κ2) is 5.67. The molecule has 17 heavy (non-hydrogen) atoms. The lowest BCUT2D eigenvalue weighted by atomic mass is 9.82. The van der Waals surface area contributed by atoms with Crippen molar-refractivity contribution in [3.8, 4) is 0 Å². The molecule has 3 heteroatoms.